The van der Waals surface area contributed by atoms with Crippen LogP contribution in [0.25, 0.3) is 6.08 Å². The van der Waals surface area contributed by atoms with Crippen LogP contribution in [0.15, 0.2) is 61.2 Å². The van der Waals surface area contributed by atoms with Crippen LogP contribution in [0.1, 0.15) is 24.0 Å². The Morgan fingerprint density at radius 2 is 2.13 bits per heavy atom. The fourth-order valence-electron chi connectivity index (χ4n) is 3.80. The van der Waals surface area contributed by atoms with Gasteiger partial charge in [-0.3, -0.25) is 9.48 Å². The van der Waals surface area contributed by atoms with Crippen molar-refractivity contribution in [2.45, 2.75) is 19.3 Å². The summed E-state index contributed by atoms with van der Waals surface area (Å²) in [4.78, 5) is 23.2. The molecule has 1 amide bonds. The number of rotatable bonds is 6. The fourth-order valence-corrected chi connectivity index (χ4v) is 3.80. The summed E-state index contributed by atoms with van der Waals surface area (Å²) in [5, 5.41) is 7.37. The van der Waals surface area contributed by atoms with Gasteiger partial charge >= 0.3 is 0 Å². The van der Waals surface area contributed by atoms with Gasteiger partial charge in [-0.1, -0.05) is 6.07 Å². The minimum atomic E-state index is 0.0655. The molecule has 0 spiro atoms. The number of hydrogen-bond donors (Lipinski definition) is 1. The van der Waals surface area contributed by atoms with Crippen molar-refractivity contribution in [1.29, 1.82) is 0 Å². The van der Waals surface area contributed by atoms with Crippen molar-refractivity contribution in [3.05, 3.63) is 72.3 Å². The molecule has 3 aromatic heterocycles. The lowest BCUT2D eigenvalue weighted by Crippen LogP contribution is -2.39. The van der Waals surface area contributed by atoms with Gasteiger partial charge in [-0.15, -0.1) is 0 Å². The number of nitrogens with one attached hydrogen (secondary N) is 1. The first-order chi connectivity index (χ1) is 14.7. The third-order valence-corrected chi connectivity index (χ3v) is 5.24. The summed E-state index contributed by atoms with van der Waals surface area (Å²) >= 11 is 0. The van der Waals surface area contributed by atoms with Crippen LogP contribution in [0.5, 0.6) is 0 Å². The molecule has 1 aliphatic heterocycles. The highest BCUT2D eigenvalue weighted by atomic mass is 16.2. The largest absolute Gasteiger partial charge is 0.339 e. The van der Waals surface area contributed by atoms with Gasteiger partial charge in [0.25, 0.3) is 0 Å². The molecule has 1 N–H and O–H groups in total. The summed E-state index contributed by atoms with van der Waals surface area (Å²) in [6.45, 7) is 1.59. The van der Waals surface area contributed by atoms with Gasteiger partial charge in [-0.2, -0.15) is 5.10 Å². The highest BCUT2D eigenvalue weighted by molar-refractivity contribution is 5.91. The van der Waals surface area contributed by atoms with Crippen LogP contribution in [0.3, 0.4) is 0 Å². The molecule has 30 heavy (non-hydrogen) atoms. The van der Waals surface area contributed by atoms with Gasteiger partial charge in [-0.25, -0.2) is 9.97 Å². The Labute approximate surface area is 176 Å². The maximum Gasteiger partial charge on any atom is 0.246 e. The maximum absolute atomic E-state index is 12.6. The number of pyridine rings is 2. The van der Waals surface area contributed by atoms with Gasteiger partial charge in [0.2, 0.25) is 5.91 Å². The van der Waals surface area contributed by atoms with Crippen molar-refractivity contribution in [3.8, 4) is 0 Å². The number of hydrogen-bond acceptors (Lipinski definition) is 5. The third-order valence-electron chi connectivity index (χ3n) is 5.24. The van der Waals surface area contributed by atoms with Gasteiger partial charge < -0.3 is 10.2 Å². The van der Waals surface area contributed by atoms with Crippen LogP contribution in [0.4, 0.5) is 11.6 Å². The van der Waals surface area contributed by atoms with E-state index in [-0.39, 0.29) is 5.91 Å². The molecule has 1 saturated heterocycles. The second kappa shape index (κ2) is 9.35. The molecule has 4 heterocycles. The van der Waals surface area contributed by atoms with E-state index in [9.17, 15) is 4.79 Å². The molecule has 0 aromatic carbocycles. The van der Waals surface area contributed by atoms with Gasteiger partial charge in [0.1, 0.15) is 11.6 Å². The Balaban J connectivity index is 1.35. The van der Waals surface area contributed by atoms with Gasteiger partial charge in [0.05, 0.1) is 6.20 Å². The van der Waals surface area contributed by atoms with Crippen molar-refractivity contribution in [2.24, 2.45) is 13.0 Å². The number of carbonyl (C=O) groups is 1. The summed E-state index contributed by atoms with van der Waals surface area (Å²) in [6.07, 6.45) is 13.8. The lowest BCUT2D eigenvalue weighted by Gasteiger charge is -2.32. The zero-order valence-electron chi connectivity index (χ0n) is 17.1. The van der Waals surface area contributed by atoms with E-state index in [1.807, 2.05) is 54.7 Å². The highest BCUT2D eigenvalue weighted by Gasteiger charge is 2.22. The summed E-state index contributed by atoms with van der Waals surface area (Å²) < 4.78 is 1.73. The molecule has 154 valence electrons. The van der Waals surface area contributed by atoms with Crippen molar-refractivity contribution in [2.75, 3.05) is 18.4 Å². The van der Waals surface area contributed by atoms with E-state index in [1.54, 1.807) is 23.2 Å². The molecular weight excluding hydrogens is 376 g/mol. The minimum Gasteiger partial charge on any atom is -0.339 e. The normalized spacial score (nSPS) is 16.7. The molecule has 0 radical (unpaired) electrons. The number of likely N-dealkylation sites (tertiary alicyclic amines) is 1. The summed E-state index contributed by atoms with van der Waals surface area (Å²) in [5.74, 6) is 2.07. The third kappa shape index (κ3) is 5.31. The van der Waals surface area contributed by atoms with Crippen molar-refractivity contribution >= 4 is 23.6 Å². The summed E-state index contributed by atoms with van der Waals surface area (Å²) in [7, 11) is 1.87. The Bertz CT molecular complexity index is 1010. The molecule has 1 atom stereocenters. The SMILES string of the molecule is Cn1cc(/C=C/C(=O)N2CCC[C@@H](Cc3ccnc(Nc4ccccn4)c3)C2)cn1. The molecule has 4 rings (SSSR count). The molecular formula is C23H26N6O. The molecule has 0 unspecified atom stereocenters. The molecule has 7 heteroatoms. The average molecular weight is 403 g/mol. The Morgan fingerprint density at radius 1 is 1.23 bits per heavy atom. The first-order valence-electron chi connectivity index (χ1n) is 10.2. The predicted molar refractivity (Wildman–Crippen MR) is 117 cm³/mol. The smallest absolute Gasteiger partial charge is 0.246 e. The summed E-state index contributed by atoms with van der Waals surface area (Å²) in [6, 6.07) is 9.86. The summed E-state index contributed by atoms with van der Waals surface area (Å²) in [5.41, 5.74) is 2.15. The van der Waals surface area contributed by atoms with Gasteiger partial charge in [-0.05, 0) is 61.1 Å². The van der Waals surface area contributed by atoms with Gasteiger partial charge in [0, 0.05) is 50.4 Å². The number of amides is 1. The number of aryl methyl sites for hydroxylation is 1. The highest BCUT2D eigenvalue weighted by Crippen LogP contribution is 2.23. The van der Waals surface area contributed by atoms with Crippen molar-refractivity contribution in [1.82, 2.24) is 24.6 Å². The standard InChI is InChI=1S/C23H26N6O/c1-28-16-20(15-26-28)7-8-23(30)29-12-4-5-19(17-29)13-18-9-11-25-22(14-18)27-21-6-2-3-10-24-21/h2-3,6-11,14-16,19H,4-5,12-13,17H2,1H3,(H,24,25,27)/b8-7+/t19-/m0/s1. The zero-order chi connectivity index (χ0) is 20.8. The molecule has 0 saturated carbocycles. The van der Waals surface area contributed by atoms with E-state index in [0.29, 0.717) is 5.92 Å². The Morgan fingerprint density at radius 3 is 2.93 bits per heavy atom. The Kier molecular flexibility index (Phi) is 6.17. The molecule has 1 aliphatic rings. The van der Waals surface area contributed by atoms with E-state index in [4.69, 9.17) is 0 Å². The van der Waals surface area contributed by atoms with Crippen LogP contribution in [0, 0.1) is 5.92 Å². The number of anilines is 2. The monoisotopic (exact) mass is 402 g/mol. The van der Waals surface area contributed by atoms with E-state index in [0.717, 1.165) is 49.6 Å². The van der Waals surface area contributed by atoms with Crippen LogP contribution >= 0.6 is 0 Å². The topological polar surface area (TPSA) is 75.9 Å². The zero-order valence-corrected chi connectivity index (χ0v) is 17.1. The second-order valence-corrected chi connectivity index (χ2v) is 7.67. The van der Waals surface area contributed by atoms with Crippen LogP contribution in [0.2, 0.25) is 0 Å². The molecule has 0 aliphatic carbocycles. The van der Waals surface area contributed by atoms with E-state index < -0.39 is 0 Å². The number of piperidine rings is 1. The maximum atomic E-state index is 12.6. The number of aromatic nitrogens is 4. The number of carbonyl (C=O) groups excluding carboxylic acids is 1. The van der Waals surface area contributed by atoms with Crippen LogP contribution in [-0.4, -0.2) is 43.6 Å². The van der Waals surface area contributed by atoms with Crippen molar-refractivity contribution in [3.63, 3.8) is 0 Å². The lowest BCUT2D eigenvalue weighted by molar-refractivity contribution is -0.127. The van der Waals surface area contributed by atoms with Crippen molar-refractivity contribution < 1.29 is 4.79 Å². The van der Waals surface area contributed by atoms with Crippen LogP contribution in [-0.2, 0) is 18.3 Å². The molecule has 0 bridgehead atoms. The average Bonchev–Trinajstić information content (AvgIpc) is 3.18. The second-order valence-electron chi connectivity index (χ2n) is 7.67. The molecule has 3 aromatic rings. The van der Waals surface area contributed by atoms with E-state index >= 15 is 0 Å². The predicted octanol–water partition coefficient (Wildman–Crippen LogP) is 3.45. The van der Waals surface area contributed by atoms with E-state index in [1.165, 1.54) is 5.56 Å². The lowest BCUT2D eigenvalue weighted by atomic mass is 9.91. The first kappa shape index (κ1) is 19.8. The van der Waals surface area contributed by atoms with E-state index in [2.05, 4.69) is 26.4 Å². The minimum absolute atomic E-state index is 0.0655. The Hall–Kier alpha value is -3.48. The first-order valence-corrected chi connectivity index (χ1v) is 10.2. The number of nitrogens with zero attached hydrogens (tertiary/aromatic N) is 5. The fraction of sp³-hybridized carbons (Fsp3) is 0.304. The quantitative estimate of drug-likeness (QED) is 0.639. The molecule has 7 nitrogen and oxygen atoms in total. The van der Waals surface area contributed by atoms with Gasteiger partial charge in [0.15, 0.2) is 0 Å². The van der Waals surface area contributed by atoms with Crippen LogP contribution < -0.4 is 5.32 Å². The molecule has 1 fully saturated rings.